The Labute approximate surface area is 167 Å². The molecule has 0 radical (unpaired) electrons. The number of esters is 1. The van der Waals surface area contributed by atoms with Gasteiger partial charge in [0.2, 0.25) is 5.78 Å². The van der Waals surface area contributed by atoms with Gasteiger partial charge in [-0.15, -0.1) is 0 Å². The van der Waals surface area contributed by atoms with Gasteiger partial charge in [0.1, 0.15) is 17.2 Å². The number of hydrogen-bond acceptors (Lipinski definition) is 5. The fraction of sp³-hybridized carbons (Fsp3) is 0.391. The van der Waals surface area contributed by atoms with Crippen molar-refractivity contribution in [2.24, 2.45) is 11.3 Å². The van der Waals surface area contributed by atoms with Crippen LogP contribution in [-0.4, -0.2) is 34.2 Å². The van der Waals surface area contributed by atoms with Crippen molar-refractivity contribution in [3.05, 3.63) is 47.3 Å². The van der Waals surface area contributed by atoms with E-state index in [1.165, 1.54) is 25.1 Å². The van der Waals surface area contributed by atoms with Crippen LogP contribution in [0, 0.1) is 17.2 Å². The van der Waals surface area contributed by atoms with Crippen molar-refractivity contribution in [3.63, 3.8) is 0 Å². The van der Waals surface area contributed by atoms with Gasteiger partial charge in [0, 0.05) is 23.6 Å². The van der Waals surface area contributed by atoms with Gasteiger partial charge in [-0.1, -0.05) is 26.0 Å². The highest BCUT2D eigenvalue weighted by molar-refractivity contribution is 5.99. The molecule has 5 nitrogen and oxygen atoms in total. The van der Waals surface area contributed by atoms with Gasteiger partial charge in [0.15, 0.2) is 6.61 Å². The Hall–Kier alpha value is -2.73. The van der Waals surface area contributed by atoms with E-state index < -0.39 is 41.1 Å². The number of phenols is 1. The minimum Gasteiger partial charge on any atom is -0.508 e. The molecule has 0 unspecified atom stereocenters. The van der Waals surface area contributed by atoms with E-state index in [1.54, 1.807) is 13.0 Å². The summed E-state index contributed by atoms with van der Waals surface area (Å²) in [6.45, 7) is 4.28. The third-order valence-corrected chi connectivity index (χ3v) is 6.69. The van der Waals surface area contributed by atoms with Crippen molar-refractivity contribution in [1.29, 1.82) is 0 Å². The second kappa shape index (κ2) is 6.39. The molecule has 0 saturated carbocycles. The fourth-order valence-electron chi connectivity index (χ4n) is 5.13. The lowest BCUT2D eigenvalue weighted by atomic mass is 9.60. The average molecular weight is 398 g/mol. The molecule has 0 amide bonds. The zero-order valence-electron chi connectivity index (χ0n) is 16.6. The van der Waals surface area contributed by atoms with E-state index in [2.05, 4.69) is 0 Å². The molecule has 2 aromatic carbocycles. The maximum Gasteiger partial charge on any atom is 0.303 e. The lowest BCUT2D eigenvalue weighted by molar-refractivity contribution is -0.162. The lowest BCUT2D eigenvalue weighted by Crippen LogP contribution is -2.56. The molecular weight excluding hydrogens is 375 g/mol. The van der Waals surface area contributed by atoms with Gasteiger partial charge < -0.3 is 14.9 Å². The minimum absolute atomic E-state index is 0.00357. The summed E-state index contributed by atoms with van der Waals surface area (Å²) >= 11 is 0. The van der Waals surface area contributed by atoms with Gasteiger partial charge in [0.25, 0.3) is 0 Å². The summed E-state index contributed by atoms with van der Waals surface area (Å²) < 4.78 is 19.7. The normalized spacial score (nSPS) is 27.9. The van der Waals surface area contributed by atoms with Gasteiger partial charge in [-0.25, -0.2) is 4.39 Å². The number of aryl methyl sites for hydroxylation is 1. The number of carbonyl (C=O) groups excluding carboxylic acids is 2. The highest BCUT2D eigenvalue weighted by Crippen LogP contribution is 2.60. The van der Waals surface area contributed by atoms with E-state index in [0.717, 1.165) is 16.5 Å². The highest BCUT2D eigenvalue weighted by Gasteiger charge is 2.61. The second-order valence-electron chi connectivity index (χ2n) is 8.29. The number of fused-ring (bicyclic) bond motifs is 5. The Kier molecular flexibility index (Phi) is 4.31. The van der Waals surface area contributed by atoms with Crippen LogP contribution in [0.2, 0.25) is 0 Å². The van der Waals surface area contributed by atoms with Gasteiger partial charge in [0.05, 0.1) is 0 Å². The molecule has 0 bridgehead atoms. The zero-order chi connectivity index (χ0) is 21.1. The first-order valence-electron chi connectivity index (χ1n) is 9.65. The van der Waals surface area contributed by atoms with Crippen LogP contribution in [0.5, 0.6) is 5.75 Å². The molecule has 2 aliphatic rings. The number of Topliss-reactive ketones (excluding diaryl/α,β-unsaturated/α-hetero) is 1. The maximum atomic E-state index is 14.9. The maximum absolute atomic E-state index is 14.9. The summed E-state index contributed by atoms with van der Waals surface area (Å²) in [5.41, 5.74) is -0.311. The van der Waals surface area contributed by atoms with E-state index in [9.17, 15) is 24.2 Å². The van der Waals surface area contributed by atoms with Crippen molar-refractivity contribution >= 4 is 28.1 Å². The Balaban J connectivity index is 1.84. The fourth-order valence-corrected chi connectivity index (χ4v) is 5.13. The lowest BCUT2D eigenvalue weighted by Gasteiger charge is -2.45. The van der Waals surface area contributed by atoms with Gasteiger partial charge >= 0.3 is 5.97 Å². The van der Waals surface area contributed by atoms with Crippen molar-refractivity contribution < 1.29 is 28.9 Å². The Morgan fingerprint density at radius 3 is 2.69 bits per heavy atom. The molecular formula is C23H23FO5. The minimum atomic E-state index is -1.74. The summed E-state index contributed by atoms with van der Waals surface area (Å²) in [5, 5.41) is 22.3. The van der Waals surface area contributed by atoms with Crippen LogP contribution < -0.4 is 0 Å². The molecule has 0 saturated heterocycles. The third-order valence-electron chi connectivity index (χ3n) is 6.69. The number of rotatable bonds is 3. The molecule has 0 aliphatic heterocycles. The molecule has 2 N–H and O–H groups in total. The highest BCUT2D eigenvalue weighted by atomic mass is 19.1. The number of carbonyl (C=O) groups is 2. The third kappa shape index (κ3) is 2.62. The van der Waals surface area contributed by atoms with E-state index in [-0.39, 0.29) is 5.75 Å². The van der Waals surface area contributed by atoms with Gasteiger partial charge in [-0.3, -0.25) is 9.59 Å². The molecule has 0 fully saturated rings. The molecule has 3 atom stereocenters. The summed E-state index contributed by atoms with van der Waals surface area (Å²) in [4.78, 5) is 24.0. The Morgan fingerprint density at radius 1 is 1.28 bits per heavy atom. The van der Waals surface area contributed by atoms with Crippen LogP contribution in [0.4, 0.5) is 4.39 Å². The van der Waals surface area contributed by atoms with Crippen LogP contribution in [0.15, 0.2) is 30.3 Å². The number of ketones is 1. The number of benzene rings is 2. The topological polar surface area (TPSA) is 83.8 Å². The van der Waals surface area contributed by atoms with E-state index in [1.807, 2.05) is 13.0 Å². The first-order valence-corrected chi connectivity index (χ1v) is 9.65. The molecule has 0 spiro atoms. The van der Waals surface area contributed by atoms with Gasteiger partial charge in [-0.05, 0) is 53.1 Å². The van der Waals surface area contributed by atoms with Crippen molar-refractivity contribution in [1.82, 2.24) is 0 Å². The number of hydrogen-bond donors (Lipinski definition) is 2. The first-order chi connectivity index (χ1) is 13.6. The number of phenolic OH excluding ortho intramolecular Hbond substituents is 1. The first kappa shape index (κ1) is 19.6. The standard InChI is InChI=1S/C23H23FO5/c1-12-8-19-17-10-20(24)18-9-14(26)4-5-15(18)16(17)6-7-22(19,3)23(12,28)21(27)11-29-13(2)25/h4-5,8-10,12,26,28H,6-7,11H2,1-3H3/t12-,22+,23+/m1/s1. The molecule has 0 aromatic heterocycles. The van der Waals surface area contributed by atoms with Crippen LogP contribution in [0.1, 0.15) is 38.3 Å². The number of aromatic hydroxyl groups is 1. The summed E-state index contributed by atoms with van der Waals surface area (Å²) in [6, 6.07) is 6.06. The van der Waals surface area contributed by atoms with E-state index >= 15 is 0 Å². The summed E-state index contributed by atoms with van der Waals surface area (Å²) in [7, 11) is 0. The van der Waals surface area contributed by atoms with Crippen LogP contribution in [0.3, 0.4) is 0 Å². The summed E-state index contributed by atoms with van der Waals surface area (Å²) in [6.07, 6.45) is 2.86. The van der Waals surface area contributed by atoms with Crippen LogP contribution in [-0.2, 0) is 20.7 Å². The monoisotopic (exact) mass is 398 g/mol. The quantitative estimate of drug-likeness (QED) is 0.773. The molecule has 152 valence electrons. The van der Waals surface area contributed by atoms with Crippen molar-refractivity contribution in [2.75, 3.05) is 6.61 Å². The van der Waals surface area contributed by atoms with Crippen LogP contribution >= 0.6 is 0 Å². The molecule has 2 aliphatic carbocycles. The smallest absolute Gasteiger partial charge is 0.303 e. The average Bonchev–Trinajstić information content (AvgIpc) is 2.88. The largest absolute Gasteiger partial charge is 0.508 e. The number of aliphatic hydroxyl groups is 1. The Bertz CT molecular complexity index is 1090. The molecule has 2 aromatic rings. The predicted octanol–water partition coefficient (Wildman–Crippen LogP) is 3.53. The van der Waals surface area contributed by atoms with E-state index in [4.69, 9.17) is 4.74 Å². The Morgan fingerprint density at radius 2 is 2.00 bits per heavy atom. The SMILES string of the molecule is CC(=O)OCC(=O)[C@@]1(O)[C@H](C)C=C2c3cc(F)c4cc(O)ccc4c3CC[C@@]21C. The zero-order valence-corrected chi connectivity index (χ0v) is 16.6. The van der Waals surface area contributed by atoms with E-state index in [0.29, 0.717) is 23.8 Å². The molecule has 6 heteroatoms. The molecule has 0 heterocycles. The van der Waals surface area contributed by atoms with Gasteiger partial charge in [-0.2, -0.15) is 0 Å². The predicted molar refractivity (Wildman–Crippen MR) is 106 cm³/mol. The molecule has 29 heavy (non-hydrogen) atoms. The number of ether oxygens (including phenoxy) is 1. The summed E-state index contributed by atoms with van der Waals surface area (Å²) in [5.74, 6) is -2.12. The van der Waals surface area contributed by atoms with Crippen molar-refractivity contribution in [3.8, 4) is 5.75 Å². The molecule has 4 rings (SSSR count). The number of halogens is 1. The second-order valence-corrected chi connectivity index (χ2v) is 8.29. The van der Waals surface area contributed by atoms with Crippen molar-refractivity contribution in [2.45, 2.75) is 39.2 Å². The van der Waals surface area contributed by atoms with Crippen LogP contribution in [0.25, 0.3) is 16.3 Å².